The fourth-order valence-electron chi connectivity index (χ4n) is 4.94. The SMILES string of the molecule is CCOC(=O)N1CCN(c2c(C=C3SC(=S)N(Cc4ccc(C)cc4)C3=O)c(=O)n(C)c3ccccc23)CC1. The second-order valence-electron chi connectivity index (χ2n) is 9.57. The van der Waals surface area contributed by atoms with Crippen LogP contribution in [0.15, 0.2) is 58.2 Å². The van der Waals surface area contributed by atoms with Crippen LogP contribution in [0.5, 0.6) is 0 Å². The summed E-state index contributed by atoms with van der Waals surface area (Å²) in [5, 5.41) is 0.908. The number of aromatic nitrogens is 1. The molecule has 2 aliphatic heterocycles. The van der Waals surface area contributed by atoms with Gasteiger partial charge in [0.05, 0.1) is 34.8 Å². The molecule has 2 aromatic carbocycles. The number of aryl methyl sites for hydroxylation is 2. The van der Waals surface area contributed by atoms with Gasteiger partial charge in [-0.2, -0.15) is 0 Å². The summed E-state index contributed by atoms with van der Waals surface area (Å²) >= 11 is 6.79. The Morgan fingerprint density at radius 1 is 1.05 bits per heavy atom. The third-order valence-electron chi connectivity index (χ3n) is 7.04. The van der Waals surface area contributed by atoms with Crippen molar-refractivity contribution in [3.8, 4) is 0 Å². The van der Waals surface area contributed by atoms with E-state index in [2.05, 4.69) is 4.90 Å². The van der Waals surface area contributed by atoms with Crippen LogP contribution in [-0.2, 0) is 23.1 Å². The Hall–Kier alpha value is -3.63. The average Bonchev–Trinajstić information content (AvgIpc) is 3.20. The Labute approximate surface area is 236 Å². The number of thiocarbonyl (C=S) groups is 1. The molecule has 3 heterocycles. The van der Waals surface area contributed by atoms with E-state index in [0.717, 1.165) is 27.7 Å². The predicted octanol–water partition coefficient (Wildman–Crippen LogP) is 4.53. The van der Waals surface area contributed by atoms with Gasteiger partial charge in [-0.25, -0.2) is 4.79 Å². The summed E-state index contributed by atoms with van der Waals surface area (Å²) in [6.45, 7) is 6.52. The van der Waals surface area contributed by atoms with Gasteiger partial charge in [0.25, 0.3) is 11.5 Å². The lowest BCUT2D eigenvalue weighted by Gasteiger charge is -2.36. The molecule has 2 aliphatic rings. The molecule has 10 heteroatoms. The summed E-state index contributed by atoms with van der Waals surface area (Å²) in [7, 11) is 1.74. The number of thioether (sulfide) groups is 1. The van der Waals surface area contributed by atoms with E-state index < -0.39 is 0 Å². The molecular formula is C29H30N4O4S2. The second kappa shape index (κ2) is 11.2. The molecule has 5 rings (SSSR count). The van der Waals surface area contributed by atoms with Gasteiger partial charge in [-0.1, -0.05) is 72.0 Å². The lowest BCUT2D eigenvalue weighted by Crippen LogP contribution is -2.49. The van der Waals surface area contributed by atoms with Gasteiger partial charge < -0.3 is 19.1 Å². The molecule has 0 bridgehead atoms. The van der Waals surface area contributed by atoms with E-state index in [-0.39, 0.29) is 17.6 Å². The first kappa shape index (κ1) is 27.0. The molecule has 0 aliphatic carbocycles. The molecular weight excluding hydrogens is 532 g/mol. The zero-order valence-corrected chi connectivity index (χ0v) is 23.8. The van der Waals surface area contributed by atoms with Crippen LogP contribution >= 0.6 is 24.0 Å². The van der Waals surface area contributed by atoms with Crippen LogP contribution in [0, 0.1) is 6.92 Å². The number of hydrogen-bond donors (Lipinski definition) is 0. The van der Waals surface area contributed by atoms with Gasteiger partial charge in [-0.15, -0.1) is 0 Å². The van der Waals surface area contributed by atoms with Gasteiger partial charge in [-0.05, 0) is 31.6 Å². The molecule has 1 aromatic heterocycles. The lowest BCUT2D eigenvalue weighted by atomic mass is 10.1. The fourth-order valence-corrected chi connectivity index (χ4v) is 6.18. The van der Waals surface area contributed by atoms with E-state index in [4.69, 9.17) is 17.0 Å². The number of piperazine rings is 1. The van der Waals surface area contributed by atoms with E-state index in [1.165, 1.54) is 11.8 Å². The standard InChI is InChI=1S/C29H30N4O4S2/c1-4-37-28(36)32-15-13-31(14-16-32)25-21-7-5-6-8-23(21)30(3)26(34)22(25)17-24-27(35)33(29(38)39-24)18-20-11-9-19(2)10-12-20/h5-12,17H,4,13-16,18H2,1-3H3. The molecule has 0 spiro atoms. The van der Waals surface area contributed by atoms with Crippen molar-refractivity contribution in [2.24, 2.45) is 7.05 Å². The Kier molecular flexibility index (Phi) is 7.76. The van der Waals surface area contributed by atoms with E-state index in [9.17, 15) is 14.4 Å². The first-order valence-corrected chi connectivity index (χ1v) is 14.1. The summed E-state index contributed by atoms with van der Waals surface area (Å²) < 4.78 is 7.25. The van der Waals surface area contributed by atoms with Crippen molar-refractivity contribution in [3.05, 3.63) is 80.5 Å². The lowest BCUT2D eigenvalue weighted by molar-refractivity contribution is -0.122. The molecule has 0 N–H and O–H groups in total. The molecule has 0 radical (unpaired) electrons. The zero-order chi connectivity index (χ0) is 27.7. The quantitative estimate of drug-likeness (QED) is 0.334. The van der Waals surface area contributed by atoms with Crippen LogP contribution in [0.4, 0.5) is 10.5 Å². The van der Waals surface area contributed by atoms with Crippen molar-refractivity contribution in [2.75, 3.05) is 37.7 Å². The normalized spacial score (nSPS) is 17.0. The van der Waals surface area contributed by atoms with Crippen LogP contribution < -0.4 is 10.5 Å². The van der Waals surface area contributed by atoms with Crippen LogP contribution in [0.25, 0.3) is 17.0 Å². The third kappa shape index (κ3) is 5.31. The van der Waals surface area contributed by atoms with Crippen LogP contribution in [0.1, 0.15) is 23.6 Å². The monoisotopic (exact) mass is 562 g/mol. The van der Waals surface area contributed by atoms with Gasteiger partial charge in [0.15, 0.2) is 0 Å². The summed E-state index contributed by atoms with van der Waals surface area (Å²) in [6.07, 6.45) is 1.36. The molecule has 202 valence electrons. The highest BCUT2D eigenvalue weighted by molar-refractivity contribution is 8.26. The van der Waals surface area contributed by atoms with Crippen molar-refractivity contribution >= 4 is 63.0 Å². The number of amides is 2. The number of carbonyl (C=O) groups excluding carboxylic acids is 2. The number of anilines is 1. The number of benzene rings is 2. The predicted molar refractivity (Wildman–Crippen MR) is 160 cm³/mol. The summed E-state index contributed by atoms with van der Waals surface area (Å²) in [5.41, 5.74) is 3.94. The summed E-state index contributed by atoms with van der Waals surface area (Å²) in [5.74, 6) is -0.209. The van der Waals surface area contributed by atoms with Gasteiger partial charge in [0.2, 0.25) is 0 Å². The van der Waals surface area contributed by atoms with Crippen molar-refractivity contribution < 1.29 is 14.3 Å². The van der Waals surface area contributed by atoms with Crippen molar-refractivity contribution in [1.29, 1.82) is 0 Å². The van der Waals surface area contributed by atoms with Crippen molar-refractivity contribution in [1.82, 2.24) is 14.4 Å². The minimum atomic E-state index is -0.330. The average molecular weight is 563 g/mol. The number of fused-ring (bicyclic) bond motifs is 1. The van der Waals surface area contributed by atoms with Crippen LogP contribution in [-0.4, -0.2) is 63.5 Å². The first-order valence-electron chi connectivity index (χ1n) is 12.9. The number of nitrogens with zero attached hydrogens (tertiary/aromatic N) is 4. The van der Waals surface area contributed by atoms with Gasteiger partial charge in [0, 0.05) is 38.6 Å². The Morgan fingerprint density at radius 2 is 1.74 bits per heavy atom. The molecule has 3 aromatic rings. The summed E-state index contributed by atoms with van der Waals surface area (Å²) in [6, 6.07) is 15.7. The highest BCUT2D eigenvalue weighted by Gasteiger charge is 2.33. The van der Waals surface area contributed by atoms with Gasteiger partial charge in [-0.3, -0.25) is 14.5 Å². The molecule has 39 heavy (non-hydrogen) atoms. The highest BCUT2D eigenvalue weighted by atomic mass is 32.2. The number of pyridine rings is 1. The molecule has 0 saturated carbocycles. The Balaban J connectivity index is 1.52. The second-order valence-corrected chi connectivity index (χ2v) is 11.2. The largest absolute Gasteiger partial charge is 0.450 e. The molecule has 2 saturated heterocycles. The molecule has 2 amide bonds. The minimum absolute atomic E-state index is 0.194. The number of ether oxygens (including phenoxy) is 1. The molecule has 0 unspecified atom stereocenters. The van der Waals surface area contributed by atoms with E-state index in [0.29, 0.717) is 54.1 Å². The zero-order valence-electron chi connectivity index (χ0n) is 22.2. The highest BCUT2D eigenvalue weighted by Crippen LogP contribution is 2.37. The molecule has 0 atom stereocenters. The first-order chi connectivity index (χ1) is 18.8. The number of carbonyl (C=O) groups is 2. The number of rotatable bonds is 5. The topological polar surface area (TPSA) is 75.1 Å². The van der Waals surface area contributed by atoms with Crippen molar-refractivity contribution in [3.63, 3.8) is 0 Å². The van der Waals surface area contributed by atoms with E-state index in [1.54, 1.807) is 34.4 Å². The smallest absolute Gasteiger partial charge is 0.409 e. The fraction of sp³-hybridized carbons (Fsp3) is 0.310. The third-order valence-corrected chi connectivity index (χ3v) is 8.42. The van der Waals surface area contributed by atoms with Crippen LogP contribution in [0.2, 0.25) is 0 Å². The van der Waals surface area contributed by atoms with Gasteiger partial charge in [0.1, 0.15) is 4.32 Å². The Bertz CT molecular complexity index is 1540. The number of hydrogen-bond acceptors (Lipinski definition) is 7. The Morgan fingerprint density at radius 3 is 2.44 bits per heavy atom. The maximum absolute atomic E-state index is 13.7. The maximum atomic E-state index is 13.7. The molecule has 8 nitrogen and oxygen atoms in total. The van der Waals surface area contributed by atoms with E-state index >= 15 is 0 Å². The summed E-state index contributed by atoms with van der Waals surface area (Å²) in [4.78, 5) is 45.3. The number of para-hydroxylation sites is 1. The van der Waals surface area contributed by atoms with Crippen LogP contribution in [0.3, 0.4) is 0 Å². The minimum Gasteiger partial charge on any atom is -0.450 e. The van der Waals surface area contributed by atoms with Gasteiger partial charge >= 0.3 is 6.09 Å². The molecule has 2 fully saturated rings. The van der Waals surface area contributed by atoms with Crippen molar-refractivity contribution in [2.45, 2.75) is 20.4 Å². The van der Waals surface area contributed by atoms with E-state index in [1.807, 2.05) is 55.5 Å². The maximum Gasteiger partial charge on any atom is 0.409 e.